The molecule has 4 rings (SSSR count). The monoisotopic (exact) mass is 481 g/mol. The number of halogens is 2. The molecule has 30 heavy (non-hydrogen) atoms. The molecule has 5 nitrogen and oxygen atoms in total. The Morgan fingerprint density at radius 2 is 1.73 bits per heavy atom. The minimum atomic E-state index is -3.66. The van der Waals surface area contributed by atoms with Gasteiger partial charge in [-0.05, 0) is 30.2 Å². The highest BCUT2D eigenvalue weighted by Crippen LogP contribution is 2.31. The smallest absolute Gasteiger partial charge is 0.244 e. The van der Waals surface area contributed by atoms with Crippen molar-refractivity contribution in [2.24, 2.45) is 0 Å². The number of aromatic nitrogens is 1. The zero-order chi connectivity index (χ0) is 21.3. The Balaban J connectivity index is 1.45. The molecule has 0 unspecified atom stereocenters. The summed E-state index contributed by atoms with van der Waals surface area (Å²) >= 11 is 13.6. The second kappa shape index (κ2) is 8.85. The summed E-state index contributed by atoms with van der Waals surface area (Å²) in [5.41, 5.74) is 3.33. The van der Waals surface area contributed by atoms with E-state index in [0.29, 0.717) is 31.2 Å². The van der Waals surface area contributed by atoms with E-state index >= 15 is 0 Å². The molecule has 0 bridgehead atoms. The number of nitrogens with zero attached hydrogens (tertiary/aromatic N) is 3. The number of rotatable bonds is 5. The van der Waals surface area contributed by atoms with Crippen LogP contribution in [0.3, 0.4) is 0 Å². The molecule has 2 heterocycles. The van der Waals surface area contributed by atoms with Gasteiger partial charge < -0.3 is 4.90 Å². The van der Waals surface area contributed by atoms with Crippen LogP contribution in [0.1, 0.15) is 12.5 Å². The van der Waals surface area contributed by atoms with Crippen molar-refractivity contribution in [3.8, 4) is 11.3 Å². The maximum atomic E-state index is 13.0. The summed E-state index contributed by atoms with van der Waals surface area (Å²) in [6.45, 7) is 4.04. The summed E-state index contributed by atoms with van der Waals surface area (Å²) in [6, 6.07) is 12.9. The first-order chi connectivity index (χ1) is 14.4. The van der Waals surface area contributed by atoms with Crippen LogP contribution < -0.4 is 4.90 Å². The van der Waals surface area contributed by atoms with Crippen molar-refractivity contribution in [3.05, 3.63) is 63.5 Å². The Hall–Kier alpha value is -1.64. The predicted octanol–water partition coefficient (Wildman–Crippen LogP) is 5.19. The van der Waals surface area contributed by atoms with Crippen LogP contribution in [0, 0.1) is 0 Å². The summed E-state index contributed by atoms with van der Waals surface area (Å²) in [5.74, 6) is 0. The number of piperazine rings is 1. The molecule has 0 amide bonds. The Morgan fingerprint density at radius 3 is 2.37 bits per heavy atom. The molecule has 0 saturated carbocycles. The fourth-order valence-corrected chi connectivity index (χ4v) is 6.45. The predicted molar refractivity (Wildman–Crippen MR) is 124 cm³/mol. The number of aryl methyl sites for hydroxylation is 1. The molecule has 0 radical (unpaired) electrons. The molecule has 0 N–H and O–H groups in total. The third-order valence-corrected chi connectivity index (χ3v) is 8.69. The number of sulfonamides is 1. The van der Waals surface area contributed by atoms with Crippen molar-refractivity contribution in [3.63, 3.8) is 0 Å². The highest BCUT2D eigenvalue weighted by molar-refractivity contribution is 7.89. The maximum Gasteiger partial charge on any atom is 0.244 e. The van der Waals surface area contributed by atoms with Crippen molar-refractivity contribution < 1.29 is 8.42 Å². The molecule has 1 aliphatic heterocycles. The lowest BCUT2D eigenvalue weighted by atomic mass is 10.1. The van der Waals surface area contributed by atoms with Crippen molar-refractivity contribution in [1.29, 1.82) is 0 Å². The zero-order valence-electron chi connectivity index (χ0n) is 16.4. The van der Waals surface area contributed by atoms with E-state index in [1.165, 1.54) is 22.0 Å². The van der Waals surface area contributed by atoms with E-state index in [1.807, 2.05) is 5.38 Å². The molecule has 2 aromatic carbocycles. The van der Waals surface area contributed by atoms with Crippen LogP contribution in [0.5, 0.6) is 0 Å². The zero-order valence-corrected chi connectivity index (χ0v) is 19.5. The fourth-order valence-electron chi connectivity index (χ4n) is 3.40. The van der Waals surface area contributed by atoms with Gasteiger partial charge in [0.1, 0.15) is 4.90 Å². The van der Waals surface area contributed by atoms with E-state index in [0.717, 1.165) is 22.8 Å². The number of anilines is 1. The molecular formula is C21H21Cl2N3O2S2. The van der Waals surface area contributed by atoms with Gasteiger partial charge in [0.05, 0.1) is 10.7 Å². The van der Waals surface area contributed by atoms with Gasteiger partial charge in [-0.2, -0.15) is 4.31 Å². The molecule has 1 saturated heterocycles. The van der Waals surface area contributed by atoms with Gasteiger partial charge in [-0.15, -0.1) is 11.3 Å². The molecule has 1 aromatic heterocycles. The van der Waals surface area contributed by atoms with Crippen LogP contribution in [0.2, 0.25) is 10.0 Å². The van der Waals surface area contributed by atoms with E-state index in [2.05, 4.69) is 36.1 Å². The lowest BCUT2D eigenvalue weighted by Gasteiger charge is -2.33. The Bertz CT molecular complexity index is 1140. The Morgan fingerprint density at radius 1 is 1.03 bits per heavy atom. The quantitative estimate of drug-likeness (QED) is 0.502. The summed E-state index contributed by atoms with van der Waals surface area (Å²) < 4.78 is 27.4. The number of hydrogen-bond acceptors (Lipinski definition) is 5. The first-order valence-electron chi connectivity index (χ1n) is 9.63. The van der Waals surface area contributed by atoms with Gasteiger partial charge in [0.15, 0.2) is 5.13 Å². The van der Waals surface area contributed by atoms with Crippen LogP contribution in [-0.2, 0) is 16.4 Å². The molecule has 1 aliphatic rings. The van der Waals surface area contributed by atoms with Crippen LogP contribution >= 0.6 is 34.5 Å². The van der Waals surface area contributed by atoms with Gasteiger partial charge in [0.2, 0.25) is 10.0 Å². The van der Waals surface area contributed by atoms with Crippen molar-refractivity contribution >= 4 is 49.7 Å². The number of hydrogen-bond donors (Lipinski definition) is 0. The molecule has 0 atom stereocenters. The van der Waals surface area contributed by atoms with E-state index in [4.69, 9.17) is 28.2 Å². The topological polar surface area (TPSA) is 53.5 Å². The minimum absolute atomic E-state index is 0.0917. The Labute approximate surface area is 190 Å². The van der Waals surface area contributed by atoms with Crippen molar-refractivity contribution in [1.82, 2.24) is 9.29 Å². The summed E-state index contributed by atoms with van der Waals surface area (Å²) in [7, 11) is -3.66. The third-order valence-electron chi connectivity index (χ3n) is 5.17. The summed E-state index contributed by atoms with van der Waals surface area (Å²) in [4.78, 5) is 6.99. The number of thiazole rings is 1. The lowest BCUT2D eigenvalue weighted by molar-refractivity contribution is 0.385. The second-order valence-corrected chi connectivity index (χ2v) is 10.6. The average Bonchev–Trinajstić information content (AvgIpc) is 3.24. The van der Waals surface area contributed by atoms with Crippen LogP contribution in [0.25, 0.3) is 11.3 Å². The van der Waals surface area contributed by atoms with E-state index < -0.39 is 10.0 Å². The molecule has 9 heteroatoms. The largest absolute Gasteiger partial charge is 0.345 e. The number of benzene rings is 2. The van der Waals surface area contributed by atoms with Crippen LogP contribution in [0.15, 0.2) is 52.7 Å². The van der Waals surface area contributed by atoms with Crippen LogP contribution in [-0.4, -0.2) is 43.9 Å². The summed E-state index contributed by atoms with van der Waals surface area (Å²) in [6.07, 6.45) is 1.01. The second-order valence-electron chi connectivity index (χ2n) is 7.03. The standard InChI is InChI=1S/C21H21Cl2N3O2S2/c1-2-15-3-5-16(6-4-15)19-14-29-21(24-19)25-9-11-26(12-10-25)30(27,28)20-8-7-17(22)13-18(20)23/h3-8,13-14H,2,9-12H2,1H3. The van der Waals surface area contributed by atoms with Gasteiger partial charge in [-0.1, -0.05) is 54.4 Å². The lowest BCUT2D eigenvalue weighted by Crippen LogP contribution is -2.48. The van der Waals surface area contributed by atoms with Gasteiger partial charge >= 0.3 is 0 Å². The minimum Gasteiger partial charge on any atom is -0.345 e. The molecule has 158 valence electrons. The van der Waals surface area contributed by atoms with Gasteiger partial charge in [0, 0.05) is 42.1 Å². The molecule has 1 fully saturated rings. The highest BCUT2D eigenvalue weighted by Gasteiger charge is 2.31. The Kier molecular flexibility index (Phi) is 6.36. The van der Waals surface area contributed by atoms with Crippen molar-refractivity contribution in [2.45, 2.75) is 18.2 Å². The fraction of sp³-hybridized carbons (Fsp3) is 0.286. The third kappa shape index (κ3) is 4.36. The van der Waals surface area contributed by atoms with Gasteiger partial charge in [-0.3, -0.25) is 0 Å². The SMILES string of the molecule is CCc1ccc(-c2csc(N3CCN(S(=O)(=O)c4ccc(Cl)cc4Cl)CC3)n2)cc1. The first kappa shape index (κ1) is 21.6. The first-order valence-corrected chi connectivity index (χ1v) is 12.7. The van der Waals surface area contributed by atoms with Gasteiger partial charge in [0.25, 0.3) is 0 Å². The van der Waals surface area contributed by atoms with Gasteiger partial charge in [-0.25, -0.2) is 13.4 Å². The van der Waals surface area contributed by atoms with Crippen LogP contribution in [0.4, 0.5) is 5.13 Å². The average molecular weight is 482 g/mol. The van der Waals surface area contributed by atoms with E-state index in [-0.39, 0.29) is 9.92 Å². The normalized spacial score (nSPS) is 15.5. The van der Waals surface area contributed by atoms with E-state index in [9.17, 15) is 8.42 Å². The summed E-state index contributed by atoms with van der Waals surface area (Å²) in [5, 5.41) is 3.51. The maximum absolute atomic E-state index is 13.0. The molecular weight excluding hydrogens is 461 g/mol. The highest BCUT2D eigenvalue weighted by atomic mass is 35.5. The van der Waals surface area contributed by atoms with E-state index in [1.54, 1.807) is 17.4 Å². The van der Waals surface area contributed by atoms with Crippen molar-refractivity contribution in [2.75, 3.05) is 31.1 Å². The molecule has 3 aromatic rings. The molecule has 0 aliphatic carbocycles. The molecule has 0 spiro atoms.